The first-order valence-corrected chi connectivity index (χ1v) is 6.11. The SMILES string of the molecule is CCNCc1cc(N(CC)C(C)C)ccn1. The smallest absolute Gasteiger partial charge is 0.0562 e. The molecule has 0 amide bonds. The first-order valence-electron chi connectivity index (χ1n) is 6.11. The fourth-order valence-corrected chi connectivity index (χ4v) is 1.84. The molecule has 90 valence electrons. The molecule has 1 heterocycles. The lowest BCUT2D eigenvalue weighted by molar-refractivity contribution is 0.692. The molecule has 0 aliphatic heterocycles. The second kappa shape index (κ2) is 6.48. The van der Waals surface area contributed by atoms with Gasteiger partial charge in [0.2, 0.25) is 0 Å². The van der Waals surface area contributed by atoms with E-state index in [2.05, 4.69) is 55.0 Å². The first kappa shape index (κ1) is 13.0. The van der Waals surface area contributed by atoms with Gasteiger partial charge in [-0.05, 0) is 39.4 Å². The summed E-state index contributed by atoms with van der Waals surface area (Å²) in [6, 6.07) is 4.78. The van der Waals surface area contributed by atoms with Crippen molar-refractivity contribution in [2.45, 2.75) is 40.3 Å². The molecule has 3 heteroatoms. The normalized spacial score (nSPS) is 10.8. The van der Waals surface area contributed by atoms with Gasteiger partial charge in [-0.15, -0.1) is 0 Å². The number of pyridine rings is 1. The Bertz CT molecular complexity index is 310. The predicted molar refractivity (Wildman–Crippen MR) is 69.8 cm³/mol. The Kier molecular flexibility index (Phi) is 5.26. The molecular formula is C13H23N3. The van der Waals surface area contributed by atoms with E-state index in [1.165, 1.54) is 5.69 Å². The highest BCUT2D eigenvalue weighted by Gasteiger charge is 2.08. The number of hydrogen-bond donors (Lipinski definition) is 1. The van der Waals surface area contributed by atoms with Gasteiger partial charge in [0.1, 0.15) is 0 Å². The average molecular weight is 221 g/mol. The Morgan fingerprint density at radius 2 is 2.12 bits per heavy atom. The van der Waals surface area contributed by atoms with E-state index in [0.717, 1.165) is 25.3 Å². The molecule has 0 aliphatic carbocycles. The number of rotatable bonds is 6. The summed E-state index contributed by atoms with van der Waals surface area (Å²) in [5.74, 6) is 0. The van der Waals surface area contributed by atoms with Gasteiger partial charge in [-0.25, -0.2) is 0 Å². The van der Waals surface area contributed by atoms with Crippen LogP contribution in [0.2, 0.25) is 0 Å². The zero-order valence-corrected chi connectivity index (χ0v) is 10.8. The van der Waals surface area contributed by atoms with Crippen molar-refractivity contribution < 1.29 is 0 Å². The molecule has 0 aromatic carbocycles. The lowest BCUT2D eigenvalue weighted by Gasteiger charge is -2.27. The minimum absolute atomic E-state index is 0.527. The van der Waals surface area contributed by atoms with Gasteiger partial charge in [0.05, 0.1) is 5.69 Å². The van der Waals surface area contributed by atoms with Crippen molar-refractivity contribution in [3.63, 3.8) is 0 Å². The van der Waals surface area contributed by atoms with Crippen molar-refractivity contribution in [2.24, 2.45) is 0 Å². The monoisotopic (exact) mass is 221 g/mol. The molecule has 0 atom stereocenters. The lowest BCUT2D eigenvalue weighted by Crippen LogP contribution is -2.30. The highest BCUT2D eigenvalue weighted by Crippen LogP contribution is 2.16. The quantitative estimate of drug-likeness (QED) is 0.799. The summed E-state index contributed by atoms with van der Waals surface area (Å²) in [6.45, 7) is 11.6. The van der Waals surface area contributed by atoms with Crippen molar-refractivity contribution in [1.29, 1.82) is 0 Å². The Morgan fingerprint density at radius 1 is 1.38 bits per heavy atom. The Labute approximate surface area is 98.9 Å². The van der Waals surface area contributed by atoms with Crippen LogP contribution in [0.15, 0.2) is 18.3 Å². The van der Waals surface area contributed by atoms with Gasteiger partial charge in [0.15, 0.2) is 0 Å². The van der Waals surface area contributed by atoms with Crippen LogP contribution < -0.4 is 10.2 Å². The maximum atomic E-state index is 4.36. The minimum atomic E-state index is 0.527. The molecule has 16 heavy (non-hydrogen) atoms. The van der Waals surface area contributed by atoms with Gasteiger partial charge in [-0.3, -0.25) is 4.98 Å². The van der Waals surface area contributed by atoms with Crippen molar-refractivity contribution in [3.8, 4) is 0 Å². The Morgan fingerprint density at radius 3 is 2.69 bits per heavy atom. The zero-order valence-electron chi connectivity index (χ0n) is 10.8. The van der Waals surface area contributed by atoms with Gasteiger partial charge >= 0.3 is 0 Å². The molecule has 0 saturated carbocycles. The van der Waals surface area contributed by atoms with E-state index in [-0.39, 0.29) is 0 Å². The standard InChI is InChI=1S/C13H23N3/c1-5-14-10-12-9-13(7-8-15-12)16(6-2)11(3)4/h7-9,11,14H,5-6,10H2,1-4H3. The first-order chi connectivity index (χ1) is 7.69. The van der Waals surface area contributed by atoms with Gasteiger partial charge < -0.3 is 10.2 Å². The Hall–Kier alpha value is -1.09. The van der Waals surface area contributed by atoms with Crippen LogP contribution in [0, 0.1) is 0 Å². The third-order valence-corrected chi connectivity index (χ3v) is 2.65. The number of nitrogens with one attached hydrogen (secondary N) is 1. The van der Waals surface area contributed by atoms with Crippen LogP contribution in [0.25, 0.3) is 0 Å². The number of aromatic nitrogens is 1. The maximum Gasteiger partial charge on any atom is 0.0562 e. The molecule has 0 aliphatic rings. The van der Waals surface area contributed by atoms with Gasteiger partial charge in [0, 0.05) is 31.0 Å². The van der Waals surface area contributed by atoms with Crippen molar-refractivity contribution in [1.82, 2.24) is 10.3 Å². The zero-order chi connectivity index (χ0) is 12.0. The largest absolute Gasteiger partial charge is 0.369 e. The average Bonchev–Trinajstić information content (AvgIpc) is 2.27. The number of hydrogen-bond acceptors (Lipinski definition) is 3. The molecule has 1 aromatic heterocycles. The van der Waals surface area contributed by atoms with E-state index in [9.17, 15) is 0 Å². The predicted octanol–water partition coefficient (Wildman–Crippen LogP) is 2.43. The second-order valence-corrected chi connectivity index (χ2v) is 4.17. The lowest BCUT2D eigenvalue weighted by atomic mass is 10.2. The van der Waals surface area contributed by atoms with Crippen LogP contribution in [0.1, 0.15) is 33.4 Å². The molecule has 0 radical (unpaired) electrons. The topological polar surface area (TPSA) is 28.2 Å². The van der Waals surface area contributed by atoms with Crippen molar-refractivity contribution >= 4 is 5.69 Å². The molecule has 0 unspecified atom stereocenters. The Balaban J connectivity index is 2.79. The summed E-state index contributed by atoms with van der Waals surface area (Å²) in [5.41, 5.74) is 2.37. The molecular weight excluding hydrogens is 198 g/mol. The van der Waals surface area contributed by atoms with E-state index >= 15 is 0 Å². The number of anilines is 1. The van der Waals surface area contributed by atoms with E-state index < -0.39 is 0 Å². The third-order valence-electron chi connectivity index (χ3n) is 2.65. The highest BCUT2D eigenvalue weighted by molar-refractivity contribution is 5.47. The molecule has 3 nitrogen and oxygen atoms in total. The number of nitrogens with zero attached hydrogens (tertiary/aromatic N) is 2. The summed E-state index contributed by atoms with van der Waals surface area (Å²) in [7, 11) is 0. The van der Waals surface area contributed by atoms with Crippen molar-refractivity contribution in [2.75, 3.05) is 18.0 Å². The summed E-state index contributed by atoms with van der Waals surface area (Å²) in [5, 5.41) is 3.30. The fourth-order valence-electron chi connectivity index (χ4n) is 1.84. The van der Waals surface area contributed by atoms with E-state index in [0.29, 0.717) is 6.04 Å². The minimum Gasteiger partial charge on any atom is -0.369 e. The highest BCUT2D eigenvalue weighted by atomic mass is 15.1. The molecule has 0 bridgehead atoms. The van der Waals surface area contributed by atoms with Crippen molar-refractivity contribution in [3.05, 3.63) is 24.0 Å². The molecule has 1 aromatic rings. The van der Waals surface area contributed by atoms with Gasteiger partial charge in [0.25, 0.3) is 0 Å². The van der Waals surface area contributed by atoms with Crippen LogP contribution in [-0.2, 0) is 6.54 Å². The summed E-state index contributed by atoms with van der Waals surface area (Å²) < 4.78 is 0. The summed E-state index contributed by atoms with van der Waals surface area (Å²) >= 11 is 0. The molecule has 1 rings (SSSR count). The van der Waals surface area contributed by atoms with E-state index in [1.54, 1.807) is 0 Å². The van der Waals surface area contributed by atoms with Crippen LogP contribution in [0.3, 0.4) is 0 Å². The van der Waals surface area contributed by atoms with Crippen LogP contribution in [-0.4, -0.2) is 24.1 Å². The summed E-state index contributed by atoms with van der Waals surface area (Å²) in [6.07, 6.45) is 1.90. The van der Waals surface area contributed by atoms with Gasteiger partial charge in [-0.1, -0.05) is 6.92 Å². The van der Waals surface area contributed by atoms with E-state index in [4.69, 9.17) is 0 Å². The van der Waals surface area contributed by atoms with Crippen LogP contribution >= 0.6 is 0 Å². The molecule has 0 saturated heterocycles. The molecule has 0 spiro atoms. The molecule has 1 N–H and O–H groups in total. The van der Waals surface area contributed by atoms with Gasteiger partial charge in [-0.2, -0.15) is 0 Å². The molecule has 0 fully saturated rings. The van der Waals surface area contributed by atoms with Crippen LogP contribution in [0.5, 0.6) is 0 Å². The summed E-state index contributed by atoms with van der Waals surface area (Å²) in [4.78, 5) is 6.74. The second-order valence-electron chi connectivity index (χ2n) is 4.17. The van der Waals surface area contributed by atoms with E-state index in [1.807, 2.05) is 6.20 Å². The van der Waals surface area contributed by atoms with Crippen LogP contribution in [0.4, 0.5) is 5.69 Å². The maximum absolute atomic E-state index is 4.36. The third kappa shape index (κ3) is 3.49. The fraction of sp³-hybridized carbons (Fsp3) is 0.615.